The molecule has 0 saturated heterocycles. The molecule has 0 bridgehead atoms. The van der Waals surface area contributed by atoms with Crippen LogP contribution >= 0.6 is 0 Å². The Labute approximate surface area is 146 Å². The first-order valence-corrected chi connectivity index (χ1v) is 8.64. The number of aromatic nitrogens is 5. The number of hydrogen-bond donors (Lipinski definition) is 1. The zero-order valence-corrected chi connectivity index (χ0v) is 14.5. The molecule has 0 radical (unpaired) electrons. The summed E-state index contributed by atoms with van der Waals surface area (Å²) in [5, 5.41) is 5.82. The molecule has 0 atom stereocenters. The Morgan fingerprint density at radius 2 is 1.80 bits per heavy atom. The summed E-state index contributed by atoms with van der Waals surface area (Å²) >= 11 is 0. The number of nitrogens with zero attached hydrogens (tertiary/aromatic N) is 4. The minimum atomic E-state index is 0.231. The highest BCUT2D eigenvalue weighted by Gasteiger charge is 2.16. The maximum atomic E-state index is 4.78. The predicted molar refractivity (Wildman–Crippen MR) is 99.3 cm³/mol. The van der Waals surface area contributed by atoms with E-state index in [0.717, 1.165) is 41.2 Å². The van der Waals surface area contributed by atoms with Crippen molar-refractivity contribution in [2.75, 3.05) is 0 Å². The number of H-pyrrole nitrogens is 1. The summed E-state index contributed by atoms with van der Waals surface area (Å²) in [6.07, 6.45) is 3.66. The average Bonchev–Trinajstić information content (AvgIpc) is 3.27. The molecule has 3 aromatic heterocycles. The van der Waals surface area contributed by atoms with Gasteiger partial charge in [0.05, 0.1) is 0 Å². The normalized spacial score (nSPS) is 11.5. The number of aromatic amines is 1. The summed E-state index contributed by atoms with van der Waals surface area (Å²) in [6.45, 7) is 4.23. The summed E-state index contributed by atoms with van der Waals surface area (Å²) in [4.78, 5) is 12.6. The van der Waals surface area contributed by atoms with Crippen LogP contribution in [0.25, 0.3) is 22.6 Å². The lowest BCUT2D eigenvalue weighted by atomic mass is 10.1. The van der Waals surface area contributed by atoms with E-state index in [9.17, 15) is 0 Å². The molecule has 0 spiro atoms. The first kappa shape index (κ1) is 15.6. The lowest BCUT2D eigenvalue weighted by molar-refractivity contribution is 0.531. The van der Waals surface area contributed by atoms with Gasteiger partial charge >= 0.3 is 0 Å². The van der Waals surface area contributed by atoms with Gasteiger partial charge < -0.3 is 4.98 Å². The molecule has 126 valence electrons. The minimum absolute atomic E-state index is 0.231. The van der Waals surface area contributed by atoms with Gasteiger partial charge in [-0.15, -0.1) is 0 Å². The van der Waals surface area contributed by atoms with Gasteiger partial charge in [0.1, 0.15) is 11.3 Å². The van der Waals surface area contributed by atoms with Crippen molar-refractivity contribution in [1.82, 2.24) is 24.7 Å². The molecule has 0 aliphatic heterocycles. The van der Waals surface area contributed by atoms with Crippen LogP contribution in [0.15, 0.2) is 54.7 Å². The van der Waals surface area contributed by atoms with Crippen molar-refractivity contribution in [3.05, 3.63) is 66.1 Å². The molecule has 0 unspecified atom stereocenters. The van der Waals surface area contributed by atoms with Crippen LogP contribution in [0.3, 0.4) is 0 Å². The van der Waals surface area contributed by atoms with E-state index >= 15 is 0 Å². The maximum absolute atomic E-state index is 4.78. The van der Waals surface area contributed by atoms with Crippen molar-refractivity contribution < 1.29 is 0 Å². The topological polar surface area (TPSA) is 59.4 Å². The lowest BCUT2D eigenvalue weighted by Crippen LogP contribution is -2.06. The van der Waals surface area contributed by atoms with E-state index in [1.54, 1.807) is 0 Å². The van der Waals surface area contributed by atoms with Crippen molar-refractivity contribution >= 4 is 11.0 Å². The monoisotopic (exact) mass is 331 g/mol. The van der Waals surface area contributed by atoms with Crippen LogP contribution in [0.5, 0.6) is 0 Å². The molecule has 1 aromatic carbocycles. The van der Waals surface area contributed by atoms with Crippen LogP contribution in [0, 0.1) is 0 Å². The second kappa shape index (κ2) is 6.51. The third-order valence-corrected chi connectivity index (χ3v) is 4.28. The molecule has 1 N–H and O–H groups in total. The number of fused-ring (bicyclic) bond motifs is 1. The zero-order valence-electron chi connectivity index (χ0n) is 14.5. The van der Waals surface area contributed by atoms with Gasteiger partial charge in [-0.2, -0.15) is 5.10 Å². The Bertz CT molecular complexity index is 982. The van der Waals surface area contributed by atoms with Gasteiger partial charge in [0.15, 0.2) is 11.6 Å². The fourth-order valence-electron chi connectivity index (χ4n) is 2.96. The van der Waals surface area contributed by atoms with Crippen molar-refractivity contribution in [1.29, 1.82) is 0 Å². The molecule has 0 aliphatic rings. The highest BCUT2D eigenvalue weighted by molar-refractivity contribution is 5.77. The summed E-state index contributed by atoms with van der Waals surface area (Å²) in [5.41, 5.74) is 3.03. The molecular formula is C20H21N5. The summed E-state index contributed by atoms with van der Waals surface area (Å²) in [7, 11) is 0. The van der Waals surface area contributed by atoms with Gasteiger partial charge in [0, 0.05) is 24.0 Å². The Balaban J connectivity index is 1.65. The second-order valence-corrected chi connectivity index (χ2v) is 6.49. The van der Waals surface area contributed by atoms with E-state index in [-0.39, 0.29) is 6.04 Å². The standard InChI is InChI=1S/C20H21N5/c1-14(2)25-20(17-10-9-16-12-13-21-19(16)22-17)23-18(24-25)11-8-15-6-4-3-5-7-15/h3-7,9-10,12-14H,8,11H2,1-2H3,(H,21,22). The van der Waals surface area contributed by atoms with Crippen LogP contribution in [0.4, 0.5) is 0 Å². The molecule has 25 heavy (non-hydrogen) atoms. The molecule has 5 nitrogen and oxygen atoms in total. The van der Waals surface area contributed by atoms with E-state index in [1.165, 1.54) is 5.56 Å². The van der Waals surface area contributed by atoms with Crippen molar-refractivity contribution in [3.8, 4) is 11.5 Å². The van der Waals surface area contributed by atoms with Crippen LogP contribution in [-0.2, 0) is 12.8 Å². The molecule has 5 heteroatoms. The smallest absolute Gasteiger partial charge is 0.177 e. The minimum Gasteiger partial charge on any atom is -0.346 e. The van der Waals surface area contributed by atoms with E-state index in [2.05, 4.69) is 49.2 Å². The first-order valence-electron chi connectivity index (χ1n) is 8.64. The number of hydrogen-bond acceptors (Lipinski definition) is 3. The van der Waals surface area contributed by atoms with Crippen LogP contribution in [0.2, 0.25) is 0 Å². The van der Waals surface area contributed by atoms with Gasteiger partial charge in [-0.1, -0.05) is 30.3 Å². The number of rotatable bonds is 5. The largest absolute Gasteiger partial charge is 0.346 e. The van der Waals surface area contributed by atoms with E-state index in [4.69, 9.17) is 15.1 Å². The van der Waals surface area contributed by atoms with Crippen LogP contribution in [0.1, 0.15) is 31.3 Å². The zero-order chi connectivity index (χ0) is 17.2. The summed E-state index contributed by atoms with van der Waals surface area (Å²) < 4.78 is 1.97. The molecule has 4 aromatic rings. The number of nitrogens with one attached hydrogen (secondary N) is 1. The highest BCUT2D eigenvalue weighted by atomic mass is 15.4. The molecular weight excluding hydrogens is 310 g/mol. The van der Waals surface area contributed by atoms with Crippen molar-refractivity contribution in [2.24, 2.45) is 0 Å². The lowest BCUT2D eigenvalue weighted by Gasteiger charge is -2.08. The number of aryl methyl sites for hydroxylation is 2. The van der Waals surface area contributed by atoms with E-state index in [1.807, 2.05) is 29.1 Å². The predicted octanol–water partition coefficient (Wildman–Crippen LogP) is 4.19. The van der Waals surface area contributed by atoms with Crippen LogP contribution < -0.4 is 0 Å². The molecule has 0 fully saturated rings. The van der Waals surface area contributed by atoms with E-state index < -0.39 is 0 Å². The Morgan fingerprint density at radius 1 is 0.960 bits per heavy atom. The fourth-order valence-corrected chi connectivity index (χ4v) is 2.96. The third kappa shape index (κ3) is 3.18. The van der Waals surface area contributed by atoms with Crippen molar-refractivity contribution in [2.45, 2.75) is 32.7 Å². The fraction of sp³-hybridized carbons (Fsp3) is 0.250. The summed E-state index contributed by atoms with van der Waals surface area (Å²) in [5.74, 6) is 1.69. The summed E-state index contributed by atoms with van der Waals surface area (Å²) in [6, 6.07) is 16.8. The Kier molecular flexibility index (Phi) is 4.06. The SMILES string of the molecule is CC(C)n1nc(CCc2ccccc2)nc1-c1ccc2cc[nH]c2n1. The molecule has 4 rings (SSSR count). The molecule has 0 amide bonds. The maximum Gasteiger partial charge on any atom is 0.177 e. The second-order valence-electron chi connectivity index (χ2n) is 6.49. The van der Waals surface area contributed by atoms with E-state index in [0.29, 0.717) is 0 Å². The van der Waals surface area contributed by atoms with Gasteiger partial charge in [0.2, 0.25) is 0 Å². The van der Waals surface area contributed by atoms with Gasteiger partial charge in [-0.05, 0) is 44.0 Å². The van der Waals surface area contributed by atoms with Crippen LogP contribution in [-0.4, -0.2) is 24.7 Å². The molecule has 3 heterocycles. The van der Waals surface area contributed by atoms with Gasteiger partial charge in [-0.25, -0.2) is 14.6 Å². The molecule has 0 aliphatic carbocycles. The molecule has 0 saturated carbocycles. The number of pyridine rings is 1. The Hall–Kier alpha value is -2.95. The third-order valence-electron chi connectivity index (χ3n) is 4.28. The quantitative estimate of drug-likeness (QED) is 0.596. The number of benzene rings is 1. The van der Waals surface area contributed by atoms with Gasteiger partial charge in [0.25, 0.3) is 0 Å². The Morgan fingerprint density at radius 3 is 2.60 bits per heavy atom. The first-order chi connectivity index (χ1) is 12.2. The van der Waals surface area contributed by atoms with Crippen molar-refractivity contribution in [3.63, 3.8) is 0 Å². The average molecular weight is 331 g/mol. The highest BCUT2D eigenvalue weighted by Crippen LogP contribution is 2.22. The van der Waals surface area contributed by atoms with Gasteiger partial charge in [-0.3, -0.25) is 0 Å².